The van der Waals surface area contributed by atoms with Crippen LogP contribution >= 0.6 is 0 Å². The Hall–Kier alpha value is -2.96. The number of rotatable bonds is 6. The van der Waals surface area contributed by atoms with Crippen LogP contribution in [-0.4, -0.2) is 33.3 Å². The maximum atomic E-state index is 11.3. The van der Waals surface area contributed by atoms with Gasteiger partial charge in [-0.3, -0.25) is 10.0 Å². The van der Waals surface area contributed by atoms with Crippen molar-refractivity contribution < 1.29 is 10.0 Å². The van der Waals surface area contributed by atoms with Gasteiger partial charge in [0.25, 0.3) is 5.91 Å². The summed E-state index contributed by atoms with van der Waals surface area (Å²) in [5, 5.41) is 12.3. The smallest absolute Gasteiger partial charge is 0.267 e. The Morgan fingerprint density at radius 2 is 2.21 bits per heavy atom. The van der Waals surface area contributed by atoms with Gasteiger partial charge in [-0.2, -0.15) is 0 Å². The fourth-order valence-corrected chi connectivity index (χ4v) is 4.26. The highest BCUT2D eigenvalue weighted by atomic mass is 16.5. The van der Waals surface area contributed by atoms with Gasteiger partial charge in [0.2, 0.25) is 0 Å². The van der Waals surface area contributed by atoms with E-state index < -0.39 is 5.91 Å². The lowest BCUT2D eigenvalue weighted by Gasteiger charge is -2.26. The molecule has 0 aliphatic carbocycles. The third-order valence-electron chi connectivity index (χ3n) is 5.59. The largest absolute Gasteiger partial charge is 0.319 e. The number of imidazole rings is 1. The third-order valence-corrected chi connectivity index (χ3v) is 5.59. The molecule has 1 aliphatic rings. The zero-order valence-corrected chi connectivity index (χ0v) is 16.5. The van der Waals surface area contributed by atoms with E-state index in [-0.39, 0.29) is 0 Å². The molecule has 1 saturated heterocycles. The molecular weight excluding hydrogens is 364 g/mol. The summed E-state index contributed by atoms with van der Waals surface area (Å²) in [6.07, 6.45) is 6.37. The average Bonchev–Trinajstić information content (AvgIpc) is 3.42. The van der Waals surface area contributed by atoms with E-state index in [4.69, 9.17) is 10.2 Å². The first kappa shape index (κ1) is 19.4. The molecule has 1 aromatic heterocycles. The minimum absolute atomic E-state index is 0.319. The van der Waals surface area contributed by atoms with Crippen molar-refractivity contribution in [1.82, 2.24) is 20.3 Å². The van der Waals surface area contributed by atoms with Gasteiger partial charge in [-0.1, -0.05) is 37.3 Å². The summed E-state index contributed by atoms with van der Waals surface area (Å²) in [6.45, 7) is 3.30. The summed E-state index contributed by atoms with van der Waals surface area (Å²) >= 11 is 0. The third kappa shape index (κ3) is 3.95. The molecule has 1 amide bonds. The van der Waals surface area contributed by atoms with E-state index in [1.807, 2.05) is 24.3 Å². The van der Waals surface area contributed by atoms with E-state index in [9.17, 15) is 4.79 Å². The first-order valence-corrected chi connectivity index (χ1v) is 10.1. The zero-order chi connectivity index (χ0) is 20.2. The highest BCUT2D eigenvalue weighted by molar-refractivity contribution is 5.91. The molecule has 3 aromatic rings. The molecule has 2 atom stereocenters. The minimum Gasteiger partial charge on any atom is -0.319 e. The molecule has 0 bridgehead atoms. The minimum atomic E-state index is -0.555. The van der Waals surface area contributed by atoms with Gasteiger partial charge in [-0.05, 0) is 55.6 Å². The number of nitrogens with one attached hydrogen (secondary N) is 2. The van der Waals surface area contributed by atoms with Gasteiger partial charge < -0.3 is 9.88 Å². The highest BCUT2D eigenvalue weighted by Crippen LogP contribution is 2.33. The summed E-state index contributed by atoms with van der Waals surface area (Å²) in [5.74, 6) is 0.384. The van der Waals surface area contributed by atoms with E-state index in [0.29, 0.717) is 12.1 Å². The lowest BCUT2D eigenvalue weighted by Crippen LogP contribution is -2.32. The van der Waals surface area contributed by atoms with Crippen molar-refractivity contribution in [2.45, 2.75) is 38.3 Å². The predicted molar refractivity (Wildman–Crippen MR) is 114 cm³/mol. The number of hydroxylamine groups is 1. The first-order valence-electron chi connectivity index (χ1n) is 10.1. The van der Waals surface area contributed by atoms with Crippen molar-refractivity contribution in [3.05, 3.63) is 60.2 Å². The number of para-hydroxylation sites is 2. The van der Waals surface area contributed by atoms with Crippen LogP contribution in [0.1, 0.15) is 37.8 Å². The number of hydrogen-bond donors (Lipinski definition) is 3. The van der Waals surface area contributed by atoms with Gasteiger partial charge in [0.05, 0.1) is 17.1 Å². The summed E-state index contributed by atoms with van der Waals surface area (Å²) in [7, 11) is 0. The van der Waals surface area contributed by atoms with Gasteiger partial charge in [0.15, 0.2) is 0 Å². The lowest BCUT2D eigenvalue weighted by atomic mass is 10.0. The molecule has 0 saturated carbocycles. The maximum Gasteiger partial charge on any atom is 0.267 e. The summed E-state index contributed by atoms with van der Waals surface area (Å²) in [5.41, 5.74) is 5.62. The Morgan fingerprint density at radius 3 is 2.97 bits per heavy atom. The molecule has 2 aromatic carbocycles. The molecule has 3 N–H and O–H groups in total. The van der Waals surface area contributed by atoms with E-state index in [1.54, 1.807) is 11.6 Å². The van der Waals surface area contributed by atoms with E-state index in [2.05, 4.69) is 41.1 Å². The molecule has 29 heavy (non-hydrogen) atoms. The zero-order valence-electron chi connectivity index (χ0n) is 16.5. The Labute approximate surface area is 170 Å². The van der Waals surface area contributed by atoms with Crippen molar-refractivity contribution in [2.75, 3.05) is 6.54 Å². The van der Waals surface area contributed by atoms with Crippen molar-refractivity contribution >= 4 is 23.0 Å². The molecule has 150 valence electrons. The van der Waals surface area contributed by atoms with E-state index in [0.717, 1.165) is 41.0 Å². The van der Waals surface area contributed by atoms with Gasteiger partial charge >= 0.3 is 0 Å². The quantitative estimate of drug-likeness (QED) is 0.339. The maximum absolute atomic E-state index is 11.3. The van der Waals surface area contributed by atoms with Gasteiger partial charge in [-0.25, -0.2) is 10.5 Å². The molecular formula is C23H26N4O2. The normalized spacial score (nSPS) is 17.8. The molecule has 1 aliphatic heterocycles. The molecule has 6 nitrogen and oxygen atoms in total. The van der Waals surface area contributed by atoms with Crippen LogP contribution in [0.3, 0.4) is 0 Å². The molecule has 1 fully saturated rings. The second-order valence-electron chi connectivity index (χ2n) is 7.41. The van der Waals surface area contributed by atoms with Crippen molar-refractivity contribution in [3.63, 3.8) is 0 Å². The van der Waals surface area contributed by atoms with Crippen molar-refractivity contribution in [3.8, 4) is 11.4 Å². The van der Waals surface area contributed by atoms with Crippen LogP contribution in [0.4, 0.5) is 0 Å². The number of nitrogens with zero attached hydrogens (tertiary/aromatic N) is 2. The number of carbonyl (C=O) groups excluding carboxylic acids is 1. The summed E-state index contributed by atoms with van der Waals surface area (Å²) < 4.78 is 2.38. The lowest BCUT2D eigenvalue weighted by molar-refractivity contribution is -0.124. The standard InChI is InChI=1S/C23H26N4O2/c1-2-20(18-10-6-14-24-18)27-21-11-4-3-9-19(21)25-23(27)17-8-5-7-16(15-17)12-13-22(28)26-29/h3-5,7-9,11-13,15,18,20,24,29H,2,6,10,14H2,1H3,(H,26,28). The first-order chi connectivity index (χ1) is 14.2. The second kappa shape index (κ2) is 8.59. The number of hydrogen-bond acceptors (Lipinski definition) is 4. The molecule has 2 unspecified atom stereocenters. The number of benzene rings is 2. The van der Waals surface area contributed by atoms with E-state index >= 15 is 0 Å². The SMILES string of the molecule is CCC(C1CCCN1)n1c(-c2cccc(C=CC(=O)NO)c2)nc2ccccc21. The average molecular weight is 390 g/mol. The Balaban J connectivity index is 1.82. The number of fused-ring (bicyclic) bond motifs is 1. The Kier molecular flexibility index (Phi) is 5.74. The topological polar surface area (TPSA) is 79.2 Å². The molecule has 2 heterocycles. The predicted octanol–water partition coefficient (Wildman–Crippen LogP) is 3.93. The van der Waals surface area contributed by atoms with Crippen molar-refractivity contribution in [2.24, 2.45) is 0 Å². The number of aromatic nitrogens is 2. The van der Waals surface area contributed by atoms with Crippen LogP contribution in [0, 0.1) is 0 Å². The van der Waals surface area contributed by atoms with Crippen molar-refractivity contribution in [1.29, 1.82) is 0 Å². The second-order valence-corrected chi connectivity index (χ2v) is 7.41. The fraction of sp³-hybridized carbons (Fsp3) is 0.304. The van der Waals surface area contributed by atoms with Crippen LogP contribution in [0.2, 0.25) is 0 Å². The van der Waals surface area contributed by atoms with Crippen LogP contribution in [0.25, 0.3) is 28.5 Å². The Morgan fingerprint density at radius 1 is 1.34 bits per heavy atom. The fourth-order valence-electron chi connectivity index (χ4n) is 4.26. The molecule has 6 heteroatoms. The summed E-state index contributed by atoms with van der Waals surface area (Å²) in [6, 6.07) is 17.0. The molecule has 0 spiro atoms. The summed E-state index contributed by atoms with van der Waals surface area (Å²) in [4.78, 5) is 16.3. The van der Waals surface area contributed by atoms with Gasteiger partial charge in [0.1, 0.15) is 5.82 Å². The van der Waals surface area contributed by atoms with Crippen LogP contribution in [0.5, 0.6) is 0 Å². The molecule has 4 rings (SSSR count). The van der Waals surface area contributed by atoms with Gasteiger partial charge in [-0.15, -0.1) is 0 Å². The molecule has 0 radical (unpaired) electrons. The van der Waals surface area contributed by atoms with Crippen LogP contribution in [0.15, 0.2) is 54.6 Å². The Bertz CT molecular complexity index is 1030. The van der Waals surface area contributed by atoms with Crippen LogP contribution in [-0.2, 0) is 4.79 Å². The van der Waals surface area contributed by atoms with Crippen LogP contribution < -0.4 is 10.8 Å². The van der Waals surface area contributed by atoms with E-state index in [1.165, 1.54) is 18.9 Å². The monoisotopic (exact) mass is 390 g/mol. The number of amides is 1. The highest BCUT2D eigenvalue weighted by Gasteiger charge is 2.28. The number of carbonyl (C=O) groups is 1. The van der Waals surface area contributed by atoms with Gasteiger partial charge in [0, 0.05) is 17.7 Å².